The monoisotopic (exact) mass is 651 g/mol. The minimum atomic E-state index is -2.38. The number of fused-ring (bicyclic) bond motifs is 1. The fraction of sp³-hybridized carbons (Fsp3) is 0.500. The third-order valence-corrected chi connectivity index (χ3v) is 13.8. The SMILES string of the molecule is COC(=O)Cc1cn(C[C@H](OC2Cc3ccccc3C2)[C@H](O[Si](C)(C)C(C)(C)C)c2cc(OC)c(C)c(OC)c2)cc1C(=O)OC. The van der Waals surface area contributed by atoms with Gasteiger partial charge in [0.05, 0.1) is 59.2 Å². The normalized spacial score (nSPS) is 14.8. The molecular formula is C36H49NO8Si. The molecule has 0 radical (unpaired) electrons. The van der Waals surface area contributed by atoms with Crippen molar-refractivity contribution in [1.82, 2.24) is 4.57 Å². The third kappa shape index (κ3) is 7.85. The van der Waals surface area contributed by atoms with Crippen LogP contribution in [-0.4, -0.2) is 65.5 Å². The molecular weight excluding hydrogens is 602 g/mol. The van der Waals surface area contributed by atoms with Crippen molar-refractivity contribution in [2.24, 2.45) is 0 Å². The first-order valence-electron chi connectivity index (χ1n) is 15.7. The molecule has 46 heavy (non-hydrogen) atoms. The first kappa shape index (κ1) is 35.3. The van der Waals surface area contributed by atoms with E-state index in [0.717, 1.165) is 24.0 Å². The molecule has 0 saturated carbocycles. The zero-order valence-electron chi connectivity index (χ0n) is 28.9. The van der Waals surface area contributed by atoms with Crippen LogP contribution in [0, 0.1) is 6.92 Å². The fourth-order valence-corrected chi connectivity index (χ4v) is 7.00. The number of hydrogen-bond donors (Lipinski definition) is 0. The molecule has 0 fully saturated rings. The van der Waals surface area contributed by atoms with Gasteiger partial charge in [0.25, 0.3) is 0 Å². The lowest BCUT2D eigenvalue weighted by Crippen LogP contribution is -2.45. The van der Waals surface area contributed by atoms with Gasteiger partial charge in [0.1, 0.15) is 17.6 Å². The quantitative estimate of drug-likeness (QED) is 0.150. The van der Waals surface area contributed by atoms with Gasteiger partial charge in [0, 0.05) is 18.0 Å². The Morgan fingerprint density at radius 1 is 0.935 bits per heavy atom. The third-order valence-electron chi connectivity index (χ3n) is 9.37. The van der Waals surface area contributed by atoms with Gasteiger partial charge in [-0.25, -0.2) is 4.79 Å². The van der Waals surface area contributed by atoms with E-state index in [9.17, 15) is 9.59 Å². The summed E-state index contributed by atoms with van der Waals surface area (Å²) in [5.41, 5.74) is 5.15. The van der Waals surface area contributed by atoms with E-state index in [-0.39, 0.29) is 17.6 Å². The lowest BCUT2D eigenvalue weighted by atomic mass is 10.0. The molecule has 0 amide bonds. The number of methoxy groups -OCH3 is 4. The van der Waals surface area contributed by atoms with Crippen molar-refractivity contribution in [3.05, 3.63) is 82.2 Å². The molecule has 1 aliphatic rings. The number of aromatic nitrogens is 1. The van der Waals surface area contributed by atoms with Crippen molar-refractivity contribution in [3.8, 4) is 11.5 Å². The highest BCUT2D eigenvalue weighted by molar-refractivity contribution is 6.74. The molecule has 0 unspecified atom stereocenters. The Kier molecular flexibility index (Phi) is 11.1. The van der Waals surface area contributed by atoms with Gasteiger partial charge in [-0.15, -0.1) is 0 Å². The van der Waals surface area contributed by atoms with Crippen LogP contribution in [0.15, 0.2) is 48.8 Å². The summed E-state index contributed by atoms with van der Waals surface area (Å²) in [5.74, 6) is 0.417. The van der Waals surface area contributed by atoms with E-state index in [4.69, 9.17) is 28.1 Å². The van der Waals surface area contributed by atoms with Gasteiger partial charge in [-0.1, -0.05) is 45.0 Å². The molecule has 4 rings (SSSR count). The summed E-state index contributed by atoms with van der Waals surface area (Å²) < 4.78 is 37.8. The number of ether oxygens (including phenoxy) is 5. The van der Waals surface area contributed by atoms with Crippen molar-refractivity contribution in [2.45, 2.75) is 89.9 Å². The molecule has 1 heterocycles. The highest BCUT2D eigenvalue weighted by Crippen LogP contribution is 2.44. The molecule has 1 aromatic heterocycles. The summed E-state index contributed by atoms with van der Waals surface area (Å²) in [7, 11) is 3.57. The van der Waals surface area contributed by atoms with Gasteiger partial charge in [0.2, 0.25) is 0 Å². The topological polar surface area (TPSA) is 94.5 Å². The predicted molar refractivity (Wildman–Crippen MR) is 179 cm³/mol. The van der Waals surface area contributed by atoms with Gasteiger partial charge in [0.15, 0.2) is 8.32 Å². The average molecular weight is 652 g/mol. The van der Waals surface area contributed by atoms with E-state index in [0.29, 0.717) is 29.2 Å². The molecule has 9 nitrogen and oxygen atoms in total. The Morgan fingerprint density at radius 3 is 2.02 bits per heavy atom. The van der Waals surface area contributed by atoms with E-state index in [1.165, 1.54) is 25.3 Å². The van der Waals surface area contributed by atoms with Crippen LogP contribution in [-0.2, 0) is 49.2 Å². The number of carbonyl (C=O) groups is 2. The molecule has 10 heteroatoms. The summed E-state index contributed by atoms with van der Waals surface area (Å²) in [4.78, 5) is 25.0. The van der Waals surface area contributed by atoms with Crippen molar-refractivity contribution < 1.29 is 37.7 Å². The maximum Gasteiger partial charge on any atom is 0.339 e. The Balaban J connectivity index is 1.85. The Labute approximate surface area is 274 Å². The molecule has 0 bridgehead atoms. The molecule has 3 aromatic rings. The number of rotatable bonds is 13. The van der Waals surface area contributed by atoms with E-state index in [2.05, 4.69) is 58.1 Å². The van der Waals surface area contributed by atoms with Crippen LogP contribution in [0.5, 0.6) is 11.5 Å². The smallest absolute Gasteiger partial charge is 0.339 e. The van der Waals surface area contributed by atoms with Crippen LogP contribution in [0.3, 0.4) is 0 Å². The zero-order chi connectivity index (χ0) is 33.8. The van der Waals surface area contributed by atoms with Gasteiger partial charge >= 0.3 is 11.9 Å². The second kappa shape index (κ2) is 14.4. The Hall–Kier alpha value is -3.60. The van der Waals surface area contributed by atoms with Crippen LogP contribution < -0.4 is 9.47 Å². The average Bonchev–Trinajstić information content (AvgIpc) is 3.61. The maximum atomic E-state index is 12.8. The van der Waals surface area contributed by atoms with Gasteiger partial charge in [-0.3, -0.25) is 4.79 Å². The molecule has 1 aliphatic carbocycles. The predicted octanol–water partition coefficient (Wildman–Crippen LogP) is 6.63. The number of carbonyl (C=O) groups excluding carboxylic acids is 2. The van der Waals surface area contributed by atoms with Gasteiger partial charge in [-0.2, -0.15) is 0 Å². The Bertz CT molecular complexity index is 1490. The molecule has 2 aromatic carbocycles. The lowest BCUT2D eigenvalue weighted by Gasteiger charge is -2.42. The van der Waals surface area contributed by atoms with Crippen molar-refractivity contribution in [1.29, 1.82) is 0 Å². The van der Waals surface area contributed by atoms with E-state index >= 15 is 0 Å². The summed E-state index contributed by atoms with van der Waals surface area (Å²) in [5, 5.41) is -0.0859. The number of hydrogen-bond acceptors (Lipinski definition) is 8. The van der Waals surface area contributed by atoms with Gasteiger partial charge < -0.3 is 32.7 Å². The van der Waals surface area contributed by atoms with Crippen molar-refractivity contribution in [2.75, 3.05) is 28.4 Å². The maximum absolute atomic E-state index is 12.8. The van der Waals surface area contributed by atoms with Crippen molar-refractivity contribution >= 4 is 20.3 Å². The van der Waals surface area contributed by atoms with Crippen LogP contribution in [0.2, 0.25) is 18.1 Å². The summed E-state index contributed by atoms with van der Waals surface area (Å²) in [6.45, 7) is 13.4. The summed E-state index contributed by atoms with van der Waals surface area (Å²) in [6, 6.07) is 12.4. The minimum absolute atomic E-state index is 0.0619. The first-order chi connectivity index (χ1) is 21.7. The van der Waals surface area contributed by atoms with E-state index in [1.54, 1.807) is 26.6 Å². The second-order valence-electron chi connectivity index (χ2n) is 13.5. The van der Waals surface area contributed by atoms with E-state index in [1.807, 2.05) is 23.6 Å². The second-order valence-corrected chi connectivity index (χ2v) is 18.2. The number of esters is 2. The fourth-order valence-electron chi connectivity index (χ4n) is 5.73. The molecule has 0 saturated heterocycles. The zero-order valence-corrected chi connectivity index (χ0v) is 29.9. The summed E-state index contributed by atoms with van der Waals surface area (Å²) >= 11 is 0. The molecule has 0 N–H and O–H groups in total. The summed E-state index contributed by atoms with van der Waals surface area (Å²) in [6.07, 6.45) is 3.93. The highest BCUT2D eigenvalue weighted by Gasteiger charge is 2.43. The molecule has 250 valence electrons. The van der Waals surface area contributed by atoms with E-state index < -0.39 is 32.5 Å². The molecule has 0 aliphatic heterocycles. The lowest BCUT2D eigenvalue weighted by molar-refractivity contribution is -0.139. The van der Waals surface area contributed by atoms with Crippen LogP contribution >= 0.6 is 0 Å². The largest absolute Gasteiger partial charge is 0.496 e. The van der Waals surface area contributed by atoms with Crippen LogP contribution in [0.1, 0.15) is 65.1 Å². The number of benzene rings is 2. The van der Waals surface area contributed by atoms with Gasteiger partial charge in [-0.05, 0) is 72.3 Å². The first-order valence-corrected chi connectivity index (χ1v) is 18.6. The molecule has 0 spiro atoms. The van der Waals surface area contributed by atoms with Crippen molar-refractivity contribution in [3.63, 3.8) is 0 Å². The Morgan fingerprint density at radius 2 is 1.52 bits per heavy atom. The van der Waals surface area contributed by atoms with Crippen LogP contribution in [0.4, 0.5) is 0 Å². The minimum Gasteiger partial charge on any atom is -0.496 e. The standard InChI is InChI=1S/C36H49NO8Si/c1-23-30(40-5)17-26(18-31(23)41-6)34(45-46(9,10)36(2,3)4)32(44-28-15-24-13-11-12-14-25(24)16-28)22-37-20-27(19-33(38)42-7)29(21-37)35(39)43-8/h11-14,17-18,20-21,28,32,34H,15-16,19,22H2,1-10H3/t32-,34+/m0/s1. The number of nitrogens with zero attached hydrogens (tertiary/aromatic N) is 1. The molecule has 2 atom stereocenters. The van der Waals surface area contributed by atoms with Crippen LogP contribution in [0.25, 0.3) is 0 Å². The highest BCUT2D eigenvalue weighted by atomic mass is 28.4.